The largest absolute Gasteiger partial charge is 0.489 e. The summed E-state index contributed by atoms with van der Waals surface area (Å²) in [6.07, 6.45) is 0. The van der Waals surface area contributed by atoms with E-state index >= 15 is 0 Å². The van der Waals surface area contributed by atoms with Gasteiger partial charge in [-0.1, -0.05) is 48.0 Å². The van der Waals surface area contributed by atoms with Crippen LogP contribution in [-0.4, -0.2) is 12.6 Å². The Labute approximate surface area is 156 Å². The minimum atomic E-state index is -0.497. The summed E-state index contributed by atoms with van der Waals surface area (Å²) in [6, 6.07) is 23.6. The van der Waals surface area contributed by atoms with Gasteiger partial charge in [0.05, 0.1) is 0 Å². The summed E-state index contributed by atoms with van der Waals surface area (Å²) >= 11 is 5.86. The van der Waals surface area contributed by atoms with Gasteiger partial charge in [-0.05, 0) is 48.0 Å². The quantitative estimate of drug-likeness (QED) is 0.439. The molecule has 0 heterocycles. The first-order chi connectivity index (χ1) is 12.7. The average molecular weight is 369 g/mol. The van der Waals surface area contributed by atoms with Crippen LogP contribution in [0.15, 0.2) is 78.9 Å². The second-order valence-corrected chi connectivity index (χ2v) is 5.90. The van der Waals surface area contributed by atoms with Gasteiger partial charge < -0.3 is 14.2 Å². The Morgan fingerprint density at radius 3 is 2.23 bits per heavy atom. The molecular weight excluding hydrogens is 352 g/mol. The first kappa shape index (κ1) is 17.8. The standard InChI is InChI=1S/C21H17ClO4/c22-17-7-4-8-20(13-17)25-15-21(23)26-19-11-9-18(10-12-19)24-14-16-5-2-1-3-6-16/h1-13H,14-15H2. The van der Waals surface area contributed by atoms with E-state index in [2.05, 4.69) is 0 Å². The molecule has 3 aromatic rings. The zero-order valence-corrected chi connectivity index (χ0v) is 14.7. The summed E-state index contributed by atoms with van der Waals surface area (Å²) in [5.41, 5.74) is 1.08. The van der Waals surface area contributed by atoms with Crippen LogP contribution in [0.4, 0.5) is 0 Å². The molecule has 0 unspecified atom stereocenters. The Kier molecular flexibility index (Phi) is 6.12. The van der Waals surface area contributed by atoms with E-state index in [0.29, 0.717) is 28.9 Å². The number of carbonyl (C=O) groups is 1. The smallest absolute Gasteiger partial charge is 0.349 e. The van der Waals surface area contributed by atoms with Gasteiger partial charge >= 0.3 is 5.97 Å². The normalized spacial score (nSPS) is 10.2. The maximum Gasteiger partial charge on any atom is 0.349 e. The molecule has 0 aliphatic carbocycles. The lowest BCUT2D eigenvalue weighted by Gasteiger charge is -2.09. The topological polar surface area (TPSA) is 44.8 Å². The first-order valence-corrected chi connectivity index (χ1v) is 8.43. The Hall–Kier alpha value is -2.98. The van der Waals surface area contributed by atoms with E-state index in [9.17, 15) is 4.79 Å². The summed E-state index contributed by atoms with van der Waals surface area (Å²) in [5.74, 6) is 1.14. The molecule has 0 radical (unpaired) electrons. The van der Waals surface area contributed by atoms with Crippen molar-refractivity contribution in [3.63, 3.8) is 0 Å². The van der Waals surface area contributed by atoms with Gasteiger partial charge in [-0.3, -0.25) is 0 Å². The lowest BCUT2D eigenvalue weighted by Crippen LogP contribution is -2.17. The van der Waals surface area contributed by atoms with E-state index in [4.69, 9.17) is 25.8 Å². The summed E-state index contributed by atoms with van der Waals surface area (Å²) in [6.45, 7) is 0.278. The number of hydrogen-bond acceptors (Lipinski definition) is 4. The fourth-order valence-corrected chi connectivity index (χ4v) is 2.39. The molecule has 5 heteroatoms. The third-order valence-corrected chi connectivity index (χ3v) is 3.69. The lowest BCUT2D eigenvalue weighted by atomic mass is 10.2. The molecule has 3 aromatic carbocycles. The minimum Gasteiger partial charge on any atom is -0.489 e. The Bertz CT molecular complexity index is 847. The zero-order valence-electron chi connectivity index (χ0n) is 13.9. The fraction of sp³-hybridized carbons (Fsp3) is 0.0952. The molecular formula is C21H17ClO4. The molecule has 4 nitrogen and oxygen atoms in total. The number of halogens is 1. The van der Waals surface area contributed by atoms with E-state index < -0.39 is 5.97 Å². The molecule has 0 aliphatic rings. The van der Waals surface area contributed by atoms with Gasteiger partial charge in [-0.2, -0.15) is 0 Å². The maximum atomic E-state index is 11.9. The molecule has 0 aromatic heterocycles. The van der Waals surface area contributed by atoms with Crippen LogP contribution >= 0.6 is 11.6 Å². The van der Waals surface area contributed by atoms with Gasteiger partial charge in [0.15, 0.2) is 6.61 Å². The van der Waals surface area contributed by atoms with Crippen LogP contribution in [0.3, 0.4) is 0 Å². The molecule has 0 saturated carbocycles. The van der Waals surface area contributed by atoms with Crippen molar-refractivity contribution in [1.29, 1.82) is 0 Å². The van der Waals surface area contributed by atoms with Crippen molar-refractivity contribution in [3.05, 3.63) is 89.4 Å². The van der Waals surface area contributed by atoms with Gasteiger partial charge in [0, 0.05) is 5.02 Å². The van der Waals surface area contributed by atoms with Crippen LogP contribution < -0.4 is 14.2 Å². The molecule has 0 bridgehead atoms. The monoisotopic (exact) mass is 368 g/mol. The lowest BCUT2D eigenvalue weighted by molar-refractivity contribution is -0.136. The van der Waals surface area contributed by atoms with Gasteiger partial charge in [0.25, 0.3) is 0 Å². The van der Waals surface area contributed by atoms with E-state index in [1.165, 1.54) is 0 Å². The molecule has 0 fully saturated rings. The van der Waals surface area contributed by atoms with Crippen LogP contribution in [0.25, 0.3) is 0 Å². The van der Waals surface area contributed by atoms with Crippen molar-refractivity contribution in [2.75, 3.05) is 6.61 Å². The summed E-state index contributed by atoms with van der Waals surface area (Å²) in [7, 11) is 0. The molecule has 0 atom stereocenters. The van der Waals surface area contributed by atoms with Crippen molar-refractivity contribution in [2.45, 2.75) is 6.61 Å². The average Bonchev–Trinajstić information content (AvgIpc) is 2.67. The van der Waals surface area contributed by atoms with E-state index in [1.807, 2.05) is 30.3 Å². The number of esters is 1. The van der Waals surface area contributed by atoms with Crippen LogP contribution in [0.1, 0.15) is 5.56 Å². The van der Waals surface area contributed by atoms with Crippen LogP contribution in [0, 0.1) is 0 Å². The number of ether oxygens (including phenoxy) is 3. The Balaban J connectivity index is 1.46. The molecule has 0 spiro atoms. The highest BCUT2D eigenvalue weighted by Gasteiger charge is 2.07. The summed E-state index contributed by atoms with van der Waals surface area (Å²) in [5, 5.41) is 0.543. The van der Waals surface area contributed by atoms with Crippen LogP contribution in [0.2, 0.25) is 5.02 Å². The Morgan fingerprint density at radius 2 is 1.50 bits per heavy atom. The predicted octanol–water partition coefficient (Wildman–Crippen LogP) is 4.90. The highest BCUT2D eigenvalue weighted by molar-refractivity contribution is 6.30. The molecule has 3 rings (SSSR count). The van der Waals surface area contributed by atoms with Crippen molar-refractivity contribution in [1.82, 2.24) is 0 Å². The van der Waals surface area contributed by atoms with Gasteiger partial charge in [-0.15, -0.1) is 0 Å². The number of benzene rings is 3. The van der Waals surface area contributed by atoms with Gasteiger partial charge in [0.2, 0.25) is 0 Å². The number of hydrogen-bond donors (Lipinski definition) is 0. The second kappa shape index (κ2) is 8.92. The highest BCUT2D eigenvalue weighted by Crippen LogP contribution is 2.20. The van der Waals surface area contributed by atoms with Crippen LogP contribution in [0.5, 0.6) is 17.2 Å². The van der Waals surface area contributed by atoms with E-state index in [-0.39, 0.29) is 6.61 Å². The molecule has 0 aliphatic heterocycles. The zero-order chi connectivity index (χ0) is 18.2. The molecule has 132 valence electrons. The number of carbonyl (C=O) groups excluding carboxylic acids is 1. The SMILES string of the molecule is O=C(COc1cccc(Cl)c1)Oc1ccc(OCc2ccccc2)cc1. The third-order valence-electron chi connectivity index (χ3n) is 3.46. The van der Waals surface area contributed by atoms with E-state index in [0.717, 1.165) is 5.56 Å². The summed E-state index contributed by atoms with van der Waals surface area (Å²) < 4.78 is 16.3. The van der Waals surface area contributed by atoms with Crippen molar-refractivity contribution in [3.8, 4) is 17.2 Å². The fourth-order valence-electron chi connectivity index (χ4n) is 2.20. The van der Waals surface area contributed by atoms with E-state index in [1.54, 1.807) is 48.5 Å². The van der Waals surface area contributed by atoms with Gasteiger partial charge in [-0.25, -0.2) is 4.79 Å². The minimum absolute atomic E-state index is 0.202. The summed E-state index contributed by atoms with van der Waals surface area (Å²) in [4.78, 5) is 11.9. The maximum absolute atomic E-state index is 11.9. The van der Waals surface area contributed by atoms with Crippen LogP contribution in [-0.2, 0) is 11.4 Å². The second-order valence-electron chi connectivity index (χ2n) is 5.47. The van der Waals surface area contributed by atoms with Gasteiger partial charge in [0.1, 0.15) is 23.9 Å². The first-order valence-electron chi connectivity index (χ1n) is 8.05. The van der Waals surface area contributed by atoms with Crippen molar-refractivity contribution < 1.29 is 19.0 Å². The Morgan fingerprint density at radius 1 is 0.769 bits per heavy atom. The molecule has 0 saturated heterocycles. The number of rotatable bonds is 7. The molecule has 26 heavy (non-hydrogen) atoms. The van der Waals surface area contributed by atoms with Crippen molar-refractivity contribution in [2.24, 2.45) is 0 Å². The molecule has 0 amide bonds. The predicted molar refractivity (Wildman–Crippen MR) is 99.8 cm³/mol. The molecule has 0 N–H and O–H groups in total. The third kappa shape index (κ3) is 5.53. The van der Waals surface area contributed by atoms with Crippen molar-refractivity contribution >= 4 is 17.6 Å². The highest BCUT2D eigenvalue weighted by atomic mass is 35.5.